The molecule has 2 aromatic carbocycles. The molecule has 1 N–H and O–H groups in total. The number of benzene rings is 2. The molecule has 7 heteroatoms. The minimum absolute atomic E-state index is 0.292. The van der Waals surface area contributed by atoms with Crippen molar-refractivity contribution in [1.82, 2.24) is 4.90 Å². The summed E-state index contributed by atoms with van der Waals surface area (Å²) in [4.78, 5) is 16.1. The second kappa shape index (κ2) is 9.31. The molecule has 30 heavy (non-hydrogen) atoms. The lowest BCUT2D eigenvalue weighted by Gasteiger charge is -2.37. The maximum absolute atomic E-state index is 12.2. The predicted octanol–water partition coefficient (Wildman–Crippen LogP) is 4.06. The van der Waals surface area contributed by atoms with Crippen LogP contribution in [0.3, 0.4) is 0 Å². The Morgan fingerprint density at radius 1 is 1.13 bits per heavy atom. The molecule has 0 radical (unpaired) electrons. The molecule has 0 unspecified atom stereocenters. The number of amides is 1. The number of hydrogen-bond donors (Lipinski definition) is 1. The fourth-order valence-electron chi connectivity index (χ4n) is 3.15. The average molecular weight is 406 g/mol. The van der Waals surface area contributed by atoms with Crippen LogP contribution in [0.1, 0.15) is 31.9 Å². The van der Waals surface area contributed by atoms with Crippen LogP contribution in [0, 0.1) is 11.3 Å². The Kier molecular flexibility index (Phi) is 6.58. The number of nitrogens with zero attached hydrogens (tertiary/aromatic N) is 4. The van der Waals surface area contributed by atoms with E-state index in [1.807, 2.05) is 69.3 Å². The number of rotatable bonds is 4. The number of nitriles is 1. The van der Waals surface area contributed by atoms with Gasteiger partial charge in [-0.05, 0) is 50.6 Å². The van der Waals surface area contributed by atoms with Gasteiger partial charge in [-0.25, -0.2) is 4.79 Å². The Bertz CT molecular complexity index is 936. The van der Waals surface area contributed by atoms with Crippen molar-refractivity contribution in [2.24, 2.45) is 5.10 Å². The number of carbonyl (C=O) groups is 1. The average Bonchev–Trinajstić information content (AvgIpc) is 2.73. The van der Waals surface area contributed by atoms with Crippen molar-refractivity contribution in [2.45, 2.75) is 26.4 Å². The Morgan fingerprint density at radius 3 is 2.47 bits per heavy atom. The number of hydrogen-bond acceptors (Lipinski definition) is 6. The first kappa shape index (κ1) is 21.2. The summed E-state index contributed by atoms with van der Waals surface area (Å²) in [6.07, 6.45) is 1.40. The van der Waals surface area contributed by atoms with E-state index in [-0.39, 0.29) is 6.09 Å². The van der Waals surface area contributed by atoms with Crippen LogP contribution in [0.25, 0.3) is 0 Å². The van der Waals surface area contributed by atoms with Crippen LogP contribution in [0.5, 0.6) is 0 Å². The molecule has 1 heterocycles. The van der Waals surface area contributed by atoms with E-state index in [9.17, 15) is 10.1 Å². The van der Waals surface area contributed by atoms with Gasteiger partial charge in [-0.3, -0.25) is 5.43 Å². The third-order valence-corrected chi connectivity index (χ3v) is 4.59. The molecule has 1 aliphatic heterocycles. The van der Waals surface area contributed by atoms with Crippen molar-refractivity contribution < 1.29 is 9.53 Å². The molecule has 0 aliphatic carbocycles. The van der Waals surface area contributed by atoms with E-state index in [0.717, 1.165) is 16.9 Å². The molecule has 1 saturated heterocycles. The van der Waals surface area contributed by atoms with Gasteiger partial charge in [0, 0.05) is 26.2 Å². The number of anilines is 2. The molecule has 0 bridgehead atoms. The Balaban J connectivity index is 1.62. The van der Waals surface area contributed by atoms with Crippen LogP contribution in [-0.4, -0.2) is 49.0 Å². The number of piperazine rings is 1. The zero-order chi connectivity index (χ0) is 21.6. The molecule has 2 aromatic rings. The van der Waals surface area contributed by atoms with Gasteiger partial charge in [0.25, 0.3) is 0 Å². The Morgan fingerprint density at radius 2 is 1.83 bits per heavy atom. The van der Waals surface area contributed by atoms with Gasteiger partial charge in [-0.15, -0.1) is 0 Å². The quantitative estimate of drug-likeness (QED) is 0.613. The molecule has 0 spiro atoms. The number of carbonyl (C=O) groups excluding carboxylic acids is 1. The Hall–Kier alpha value is -3.53. The first-order valence-electron chi connectivity index (χ1n) is 9.97. The molecule has 1 amide bonds. The van der Waals surface area contributed by atoms with E-state index in [2.05, 4.69) is 21.5 Å². The zero-order valence-corrected chi connectivity index (χ0v) is 17.6. The summed E-state index contributed by atoms with van der Waals surface area (Å²) in [5.41, 5.74) is 5.66. The molecular formula is C23H27N5O2. The Labute approximate surface area is 177 Å². The van der Waals surface area contributed by atoms with Crippen LogP contribution >= 0.6 is 0 Å². The van der Waals surface area contributed by atoms with Crippen LogP contribution in [0.2, 0.25) is 0 Å². The molecular weight excluding hydrogens is 378 g/mol. The molecule has 0 saturated carbocycles. The highest BCUT2D eigenvalue weighted by molar-refractivity contribution is 5.82. The van der Waals surface area contributed by atoms with Gasteiger partial charge >= 0.3 is 6.09 Å². The van der Waals surface area contributed by atoms with Gasteiger partial charge in [-0.2, -0.15) is 10.4 Å². The lowest BCUT2D eigenvalue weighted by molar-refractivity contribution is 0.0240. The summed E-state index contributed by atoms with van der Waals surface area (Å²) < 4.78 is 5.44. The van der Waals surface area contributed by atoms with Crippen molar-refractivity contribution in [1.29, 1.82) is 5.26 Å². The van der Waals surface area contributed by atoms with Crippen molar-refractivity contribution >= 4 is 23.7 Å². The molecule has 1 aliphatic rings. The summed E-state index contributed by atoms with van der Waals surface area (Å²) in [5.74, 6) is 0. The molecule has 1 fully saturated rings. The number of para-hydroxylation sites is 1. The van der Waals surface area contributed by atoms with Crippen molar-refractivity contribution in [3.8, 4) is 6.07 Å². The molecule has 0 aromatic heterocycles. The van der Waals surface area contributed by atoms with E-state index >= 15 is 0 Å². The van der Waals surface area contributed by atoms with E-state index < -0.39 is 5.60 Å². The summed E-state index contributed by atoms with van der Waals surface area (Å²) in [5, 5.41) is 13.9. The minimum atomic E-state index is -0.505. The van der Waals surface area contributed by atoms with E-state index in [4.69, 9.17) is 4.74 Å². The van der Waals surface area contributed by atoms with E-state index in [0.29, 0.717) is 31.7 Å². The van der Waals surface area contributed by atoms with Gasteiger partial charge in [0.1, 0.15) is 11.7 Å². The highest BCUT2D eigenvalue weighted by atomic mass is 16.6. The summed E-state index contributed by atoms with van der Waals surface area (Å²) in [6.45, 7) is 8.00. The van der Waals surface area contributed by atoms with Crippen LogP contribution in [0.4, 0.5) is 16.2 Å². The number of hydrazone groups is 1. The first-order valence-corrected chi connectivity index (χ1v) is 9.97. The van der Waals surface area contributed by atoms with Crippen LogP contribution in [0.15, 0.2) is 53.6 Å². The number of ether oxygens (including phenoxy) is 1. The van der Waals surface area contributed by atoms with Gasteiger partial charge in [0.05, 0.1) is 23.2 Å². The maximum atomic E-state index is 12.2. The van der Waals surface area contributed by atoms with Gasteiger partial charge in [0.2, 0.25) is 0 Å². The number of nitrogens with one attached hydrogen (secondary N) is 1. The fourth-order valence-corrected chi connectivity index (χ4v) is 3.15. The molecule has 0 atom stereocenters. The lowest BCUT2D eigenvalue weighted by Crippen LogP contribution is -2.50. The SMILES string of the molecule is CC(C)(C)OC(=O)N1CCN(c2ccc(C=NNc3ccccc3)cc2C#N)CC1. The fraction of sp³-hybridized carbons (Fsp3) is 0.348. The molecule has 156 valence electrons. The van der Waals surface area contributed by atoms with Gasteiger partial charge in [0.15, 0.2) is 0 Å². The van der Waals surface area contributed by atoms with E-state index in [1.165, 1.54) is 0 Å². The van der Waals surface area contributed by atoms with Crippen LogP contribution in [-0.2, 0) is 4.74 Å². The van der Waals surface area contributed by atoms with E-state index in [1.54, 1.807) is 11.1 Å². The second-order valence-corrected chi connectivity index (χ2v) is 8.08. The molecule has 3 rings (SSSR count). The van der Waals surface area contributed by atoms with Crippen molar-refractivity contribution in [3.63, 3.8) is 0 Å². The predicted molar refractivity (Wildman–Crippen MR) is 119 cm³/mol. The second-order valence-electron chi connectivity index (χ2n) is 8.08. The summed E-state index contributed by atoms with van der Waals surface area (Å²) in [6, 6.07) is 17.6. The van der Waals surface area contributed by atoms with Gasteiger partial charge in [-0.1, -0.05) is 24.3 Å². The normalized spacial score (nSPS) is 14.5. The van der Waals surface area contributed by atoms with Crippen LogP contribution < -0.4 is 10.3 Å². The maximum Gasteiger partial charge on any atom is 0.410 e. The monoisotopic (exact) mass is 405 g/mol. The summed E-state index contributed by atoms with van der Waals surface area (Å²) >= 11 is 0. The minimum Gasteiger partial charge on any atom is -0.444 e. The van der Waals surface area contributed by atoms with Crippen molar-refractivity contribution in [3.05, 3.63) is 59.7 Å². The highest BCUT2D eigenvalue weighted by Crippen LogP contribution is 2.23. The largest absolute Gasteiger partial charge is 0.444 e. The third-order valence-electron chi connectivity index (χ3n) is 4.59. The smallest absolute Gasteiger partial charge is 0.410 e. The third kappa shape index (κ3) is 5.74. The molecule has 7 nitrogen and oxygen atoms in total. The summed E-state index contributed by atoms with van der Waals surface area (Å²) in [7, 11) is 0. The first-order chi connectivity index (χ1) is 14.4. The standard InChI is InChI=1S/C23H27N5O2/c1-23(2,3)30-22(29)28-13-11-27(12-14-28)21-10-9-18(15-19(21)16-24)17-25-26-20-7-5-4-6-8-20/h4-10,15,17,26H,11-14H2,1-3H3. The lowest BCUT2D eigenvalue weighted by atomic mass is 10.1. The highest BCUT2D eigenvalue weighted by Gasteiger charge is 2.26. The topological polar surface area (TPSA) is 81.0 Å². The zero-order valence-electron chi connectivity index (χ0n) is 17.6. The van der Waals surface area contributed by atoms with Gasteiger partial charge < -0.3 is 14.5 Å². The van der Waals surface area contributed by atoms with Crippen molar-refractivity contribution in [2.75, 3.05) is 36.5 Å².